The third-order valence-corrected chi connectivity index (χ3v) is 2.68. The van der Waals surface area contributed by atoms with Gasteiger partial charge in [0.25, 0.3) is 0 Å². The number of nitrogens with zero attached hydrogens (tertiary/aromatic N) is 2. The van der Waals surface area contributed by atoms with Gasteiger partial charge in [0, 0.05) is 25.3 Å². The van der Waals surface area contributed by atoms with E-state index in [4.69, 9.17) is 15.2 Å². The van der Waals surface area contributed by atoms with Crippen molar-refractivity contribution in [3.63, 3.8) is 0 Å². The van der Waals surface area contributed by atoms with E-state index in [0.29, 0.717) is 30.5 Å². The molecule has 20 heavy (non-hydrogen) atoms. The topological polar surface area (TPSA) is 82.3 Å². The number of methoxy groups -OCH3 is 2. The summed E-state index contributed by atoms with van der Waals surface area (Å²) in [7, 11) is 3.28. The Bertz CT molecular complexity index is 558. The first kappa shape index (κ1) is 14.1. The number of ether oxygens (including phenoxy) is 2. The summed E-state index contributed by atoms with van der Waals surface area (Å²) in [6, 6.07) is 9.26. The molecule has 0 saturated carbocycles. The number of nitrogen functional groups attached to an aromatic ring is 1. The minimum Gasteiger partial charge on any atom is -0.497 e. The molecule has 0 unspecified atom stereocenters. The molecule has 0 fully saturated rings. The molecule has 0 spiro atoms. The van der Waals surface area contributed by atoms with Crippen LogP contribution in [0.4, 0.5) is 17.3 Å². The Morgan fingerprint density at radius 3 is 2.55 bits per heavy atom. The van der Waals surface area contributed by atoms with Gasteiger partial charge in [-0.05, 0) is 24.3 Å². The lowest BCUT2D eigenvalue weighted by atomic mass is 10.3. The van der Waals surface area contributed by atoms with E-state index >= 15 is 0 Å². The lowest BCUT2D eigenvalue weighted by molar-refractivity contribution is 0.200. The Hall–Kier alpha value is -2.34. The molecule has 1 heterocycles. The van der Waals surface area contributed by atoms with Crippen LogP contribution in [0.2, 0.25) is 0 Å². The summed E-state index contributed by atoms with van der Waals surface area (Å²) in [6.07, 6.45) is 0.624. The first-order valence-corrected chi connectivity index (χ1v) is 6.24. The van der Waals surface area contributed by atoms with Crippen molar-refractivity contribution < 1.29 is 9.47 Å². The predicted molar refractivity (Wildman–Crippen MR) is 78.3 cm³/mol. The zero-order valence-corrected chi connectivity index (χ0v) is 11.6. The van der Waals surface area contributed by atoms with Crippen molar-refractivity contribution in [2.45, 2.75) is 6.42 Å². The molecule has 106 valence electrons. The maximum atomic E-state index is 5.78. The third-order valence-electron chi connectivity index (χ3n) is 2.68. The highest BCUT2D eigenvalue weighted by Gasteiger charge is 2.03. The van der Waals surface area contributed by atoms with Crippen molar-refractivity contribution in [2.75, 3.05) is 31.9 Å². The maximum Gasteiger partial charge on any atom is 0.136 e. The minimum absolute atomic E-state index is 0.433. The van der Waals surface area contributed by atoms with Gasteiger partial charge >= 0.3 is 0 Å². The van der Waals surface area contributed by atoms with Gasteiger partial charge in [-0.15, -0.1) is 0 Å². The number of nitrogens with two attached hydrogens (primary N) is 1. The number of benzene rings is 1. The third kappa shape index (κ3) is 3.83. The number of anilines is 3. The quantitative estimate of drug-likeness (QED) is 0.838. The van der Waals surface area contributed by atoms with Crippen LogP contribution in [0.5, 0.6) is 5.75 Å². The molecule has 0 saturated heterocycles. The average molecular weight is 274 g/mol. The standard InChI is InChI=1S/C14H18N4O2/c1-19-8-7-13-17-12(15)9-14(18-13)16-10-3-5-11(20-2)6-4-10/h3-6,9H,7-8H2,1-2H3,(H3,15,16,17,18). The first-order chi connectivity index (χ1) is 9.71. The second kappa shape index (κ2) is 6.72. The molecule has 0 aliphatic rings. The van der Waals surface area contributed by atoms with Crippen molar-refractivity contribution in [3.8, 4) is 5.75 Å². The summed E-state index contributed by atoms with van der Waals surface area (Å²) in [4.78, 5) is 8.56. The highest BCUT2D eigenvalue weighted by molar-refractivity contribution is 5.59. The fourth-order valence-electron chi connectivity index (χ4n) is 1.71. The van der Waals surface area contributed by atoms with Gasteiger partial charge in [0.1, 0.15) is 23.2 Å². The van der Waals surface area contributed by atoms with Gasteiger partial charge in [-0.3, -0.25) is 0 Å². The van der Waals surface area contributed by atoms with E-state index in [0.717, 1.165) is 11.4 Å². The number of hydrogen-bond acceptors (Lipinski definition) is 6. The fourth-order valence-corrected chi connectivity index (χ4v) is 1.71. The summed E-state index contributed by atoms with van der Waals surface area (Å²) in [5.41, 5.74) is 6.68. The second-order valence-corrected chi connectivity index (χ2v) is 4.19. The molecule has 0 atom stereocenters. The van der Waals surface area contributed by atoms with Gasteiger partial charge in [-0.25, -0.2) is 9.97 Å². The zero-order valence-electron chi connectivity index (χ0n) is 11.6. The average Bonchev–Trinajstić information content (AvgIpc) is 2.45. The van der Waals surface area contributed by atoms with E-state index < -0.39 is 0 Å². The molecule has 6 heteroatoms. The number of rotatable bonds is 6. The van der Waals surface area contributed by atoms with E-state index in [9.17, 15) is 0 Å². The second-order valence-electron chi connectivity index (χ2n) is 4.19. The lowest BCUT2D eigenvalue weighted by Crippen LogP contribution is -2.06. The van der Waals surface area contributed by atoms with Crippen molar-refractivity contribution in [1.82, 2.24) is 9.97 Å². The molecule has 3 N–H and O–H groups in total. The molecule has 0 radical (unpaired) electrons. The highest BCUT2D eigenvalue weighted by Crippen LogP contribution is 2.19. The van der Waals surface area contributed by atoms with E-state index in [2.05, 4.69) is 15.3 Å². The molecule has 2 aromatic rings. The monoisotopic (exact) mass is 274 g/mol. The predicted octanol–water partition coefficient (Wildman–Crippen LogP) is 2.00. The van der Waals surface area contributed by atoms with Crippen LogP contribution < -0.4 is 15.8 Å². The van der Waals surface area contributed by atoms with Gasteiger partial charge in [0.15, 0.2) is 0 Å². The Morgan fingerprint density at radius 1 is 1.15 bits per heavy atom. The number of nitrogens with one attached hydrogen (secondary N) is 1. The van der Waals surface area contributed by atoms with Crippen LogP contribution in [0.15, 0.2) is 30.3 Å². The van der Waals surface area contributed by atoms with Crippen LogP contribution in [0, 0.1) is 0 Å². The van der Waals surface area contributed by atoms with Gasteiger partial charge in [-0.1, -0.05) is 0 Å². The zero-order chi connectivity index (χ0) is 14.4. The van der Waals surface area contributed by atoms with Gasteiger partial charge in [-0.2, -0.15) is 0 Å². The molecule has 0 aliphatic carbocycles. The molecule has 0 bridgehead atoms. The molecule has 6 nitrogen and oxygen atoms in total. The van der Waals surface area contributed by atoms with Crippen LogP contribution in [0.3, 0.4) is 0 Å². The largest absolute Gasteiger partial charge is 0.497 e. The molecule has 2 rings (SSSR count). The van der Waals surface area contributed by atoms with Gasteiger partial charge in [0.05, 0.1) is 13.7 Å². The Kier molecular flexibility index (Phi) is 4.73. The van der Waals surface area contributed by atoms with Crippen LogP contribution >= 0.6 is 0 Å². The Morgan fingerprint density at radius 2 is 1.90 bits per heavy atom. The molecule has 0 aliphatic heterocycles. The van der Waals surface area contributed by atoms with Crippen molar-refractivity contribution in [3.05, 3.63) is 36.2 Å². The molecule has 0 amide bonds. The SMILES string of the molecule is COCCc1nc(N)cc(Nc2ccc(OC)cc2)n1. The molecule has 1 aromatic carbocycles. The summed E-state index contributed by atoms with van der Waals surface area (Å²) in [6.45, 7) is 0.561. The van der Waals surface area contributed by atoms with E-state index in [1.54, 1.807) is 20.3 Å². The van der Waals surface area contributed by atoms with E-state index in [-0.39, 0.29) is 0 Å². The summed E-state index contributed by atoms with van der Waals surface area (Å²) in [5.74, 6) is 2.55. The minimum atomic E-state index is 0.433. The highest BCUT2D eigenvalue weighted by atomic mass is 16.5. The van der Waals surface area contributed by atoms with Gasteiger partial charge < -0.3 is 20.5 Å². The fraction of sp³-hybridized carbons (Fsp3) is 0.286. The molecule has 1 aromatic heterocycles. The van der Waals surface area contributed by atoms with Gasteiger partial charge in [0.2, 0.25) is 0 Å². The lowest BCUT2D eigenvalue weighted by Gasteiger charge is -2.09. The van der Waals surface area contributed by atoms with Crippen molar-refractivity contribution in [2.24, 2.45) is 0 Å². The van der Waals surface area contributed by atoms with Crippen LogP contribution in [-0.2, 0) is 11.2 Å². The first-order valence-electron chi connectivity index (χ1n) is 6.24. The summed E-state index contributed by atoms with van der Waals surface area (Å²) in [5, 5.41) is 3.19. The van der Waals surface area contributed by atoms with Crippen LogP contribution in [-0.4, -0.2) is 30.8 Å². The number of hydrogen-bond donors (Lipinski definition) is 2. The molecular weight excluding hydrogens is 256 g/mol. The number of aromatic nitrogens is 2. The maximum absolute atomic E-state index is 5.78. The van der Waals surface area contributed by atoms with Crippen LogP contribution in [0.1, 0.15) is 5.82 Å². The van der Waals surface area contributed by atoms with Crippen molar-refractivity contribution in [1.29, 1.82) is 0 Å². The van der Waals surface area contributed by atoms with Crippen LogP contribution in [0.25, 0.3) is 0 Å². The Labute approximate surface area is 118 Å². The molecular formula is C14H18N4O2. The van der Waals surface area contributed by atoms with E-state index in [1.165, 1.54) is 0 Å². The Balaban J connectivity index is 2.12. The van der Waals surface area contributed by atoms with E-state index in [1.807, 2.05) is 24.3 Å². The summed E-state index contributed by atoms with van der Waals surface area (Å²) < 4.78 is 10.1. The summed E-state index contributed by atoms with van der Waals surface area (Å²) >= 11 is 0. The normalized spacial score (nSPS) is 10.3. The van der Waals surface area contributed by atoms with Crippen molar-refractivity contribution >= 4 is 17.3 Å². The smallest absolute Gasteiger partial charge is 0.136 e.